The van der Waals surface area contributed by atoms with E-state index in [2.05, 4.69) is 35.7 Å². The molecule has 1 aliphatic rings. The number of aromatic nitrogens is 2. The van der Waals surface area contributed by atoms with Gasteiger partial charge in [-0.3, -0.25) is 9.59 Å². The Bertz CT molecular complexity index is 1010. The van der Waals surface area contributed by atoms with Crippen molar-refractivity contribution in [3.63, 3.8) is 0 Å². The number of carbonyl (C=O) groups is 3. The van der Waals surface area contributed by atoms with Crippen LogP contribution >= 0.6 is 11.8 Å². The Balaban J connectivity index is 0.00000139. The summed E-state index contributed by atoms with van der Waals surface area (Å²) in [6, 6.07) is -0.610. The minimum Gasteiger partial charge on any atom is -0.450 e. The first-order chi connectivity index (χ1) is 20.1. The molecule has 43 heavy (non-hydrogen) atoms. The molecule has 1 saturated heterocycles. The zero-order chi connectivity index (χ0) is 32.8. The fraction of sp³-hybridized carbons (Fsp3) is 0.774. The Morgan fingerprint density at radius 1 is 1.21 bits per heavy atom. The number of ether oxygens (including phenoxy) is 2. The second-order valence-corrected chi connectivity index (χ2v) is 14.1. The van der Waals surface area contributed by atoms with Crippen LogP contribution in [-0.4, -0.2) is 108 Å². The van der Waals surface area contributed by atoms with Gasteiger partial charge in [-0.05, 0) is 58.5 Å². The summed E-state index contributed by atoms with van der Waals surface area (Å²) in [5.41, 5.74) is 0.185. The Kier molecular flexibility index (Phi) is 16.3. The second kappa shape index (κ2) is 18.3. The van der Waals surface area contributed by atoms with Crippen LogP contribution in [0.4, 0.5) is 10.6 Å². The van der Waals surface area contributed by atoms with Crippen LogP contribution in [0.15, 0.2) is 6.20 Å². The smallest absolute Gasteiger partial charge is 0.407 e. The van der Waals surface area contributed by atoms with Crippen LogP contribution in [-0.2, 0) is 19.7 Å². The number of hydrogen-bond acceptors (Lipinski definition) is 9. The number of nitrogens with one attached hydrogen (secondary N) is 2. The van der Waals surface area contributed by atoms with Crippen molar-refractivity contribution in [2.75, 3.05) is 57.2 Å². The van der Waals surface area contributed by atoms with Crippen LogP contribution in [0, 0.1) is 5.92 Å². The molecule has 11 nitrogen and oxygen atoms in total. The van der Waals surface area contributed by atoms with E-state index in [0.29, 0.717) is 49.8 Å². The topological polar surface area (TPSA) is 126 Å². The molecule has 2 heterocycles. The highest BCUT2D eigenvalue weighted by Crippen LogP contribution is 2.25. The van der Waals surface area contributed by atoms with Crippen molar-refractivity contribution in [3.8, 4) is 0 Å². The molecular formula is C31H56N6O5S. The molecule has 1 aromatic rings. The number of thioether (sulfide) groups is 1. The summed E-state index contributed by atoms with van der Waals surface area (Å²) in [7, 11) is 1.71. The van der Waals surface area contributed by atoms with E-state index in [4.69, 9.17) is 14.5 Å². The van der Waals surface area contributed by atoms with Gasteiger partial charge in [-0.15, -0.1) is 0 Å². The van der Waals surface area contributed by atoms with Gasteiger partial charge in [-0.25, -0.2) is 14.8 Å². The van der Waals surface area contributed by atoms with Crippen molar-refractivity contribution in [2.24, 2.45) is 5.92 Å². The molecule has 2 N–H and O–H groups in total. The molecule has 0 saturated carbocycles. The maximum absolute atomic E-state index is 14.1. The van der Waals surface area contributed by atoms with E-state index in [1.807, 2.05) is 46.4 Å². The summed E-state index contributed by atoms with van der Waals surface area (Å²) in [5.74, 6) is 2.21. The lowest BCUT2D eigenvalue weighted by Crippen LogP contribution is -2.58. The van der Waals surface area contributed by atoms with Crippen molar-refractivity contribution in [3.05, 3.63) is 17.6 Å². The molecule has 1 fully saturated rings. The Morgan fingerprint density at radius 2 is 1.86 bits per heavy atom. The maximum Gasteiger partial charge on any atom is 0.407 e. The lowest BCUT2D eigenvalue weighted by Gasteiger charge is -2.42. The minimum absolute atomic E-state index is 0.0417. The van der Waals surface area contributed by atoms with Crippen molar-refractivity contribution in [2.45, 2.75) is 98.3 Å². The molecule has 2 atom stereocenters. The molecular weight excluding hydrogens is 568 g/mol. The number of anilines is 1. The second-order valence-electron chi connectivity index (χ2n) is 13.2. The fourth-order valence-electron chi connectivity index (χ4n) is 4.27. The van der Waals surface area contributed by atoms with Gasteiger partial charge >= 0.3 is 6.09 Å². The van der Waals surface area contributed by atoms with E-state index in [9.17, 15) is 14.4 Å². The average molecular weight is 625 g/mol. The third-order valence-corrected chi connectivity index (χ3v) is 7.28. The Morgan fingerprint density at radius 3 is 2.37 bits per heavy atom. The van der Waals surface area contributed by atoms with Crippen LogP contribution in [0.2, 0.25) is 0 Å². The van der Waals surface area contributed by atoms with Gasteiger partial charge in [-0.2, -0.15) is 11.8 Å². The Hall–Kier alpha value is -2.60. The van der Waals surface area contributed by atoms with Crippen molar-refractivity contribution < 1.29 is 23.9 Å². The molecule has 1 aromatic heterocycles. The van der Waals surface area contributed by atoms with E-state index in [1.165, 1.54) is 0 Å². The van der Waals surface area contributed by atoms with E-state index in [0.717, 1.165) is 18.6 Å². The molecule has 0 bridgehead atoms. The molecule has 246 valence electrons. The van der Waals surface area contributed by atoms with Crippen LogP contribution < -0.4 is 10.6 Å². The van der Waals surface area contributed by atoms with E-state index < -0.39 is 6.09 Å². The molecule has 1 aliphatic heterocycles. The molecule has 3 amide bonds. The first-order valence-electron chi connectivity index (χ1n) is 15.1. The third kappa shape index (κ3) is 14.2. The van der Waals surface area contributed by atoms with E-state index >= 15 is 0 Å². The number of amides is 3. The summed E-state index contributed by atoms with van der Waals surface area (Å²) in [6.45, 7) is 20.2. The van der Waals surface area contributed by atoms with Crippen LogP contribution in [0.5, 0.6) is 0 Å². The highest BCUT2D eigenvalue weighted by atomic mass is 32.2. The molecule has 0 spiro atoms. The molecule has 12 heteroatoms. The van der Waals surface area contributed by atoms with Gasteiger partial charge in [0.05, 0.1) is 24.3 Å². The first kappa shape index (κ1) is 38.4. The van der Waals surface area contributed by atoms with Gasteiger partial charge in [0.25, 0.3) is 5.91 Å². The molecule has 2 unspecified atom stereocenters. The number of methoxy groups -OCH3 is 1. The third-order valence-electron chi connectivity index (χ3n) is 6.59. The Labute approximate surface area is 263 Å². The predicted octanol–water partition coefficient (Wildman–Crippen LogP) is 4.81. The SMILES string of the molecule is CCOC(=O)NC1CC(N(CC(C)C)C(=O)c2cnc(C(C)(C)C)nc2NCCCSC)CN(C=O)C1.COC(C)(C)C. The largest absolute Gasteiger partial charge is 0.450 e. The lowest BCUT2D eigenvalue weighted by atomic mass is 9.95. The number of hydrogen-bond donors (Lipinski definition) is 2. The normalized spacial score (nSPS) is 17.1. The van der Waals surface area contributed by atoms with Crippen LogP contribution in [0.25, 0.3) is 0 Å². The van der Waals surface area contributed by atoms with Crippen LogP contribution in [0.1, 0.15) is 91.3 Å². The number of alkyl carbamates (subject to hydrolysis) is 1. The molecule has 2 rings (SSSR count). The lowest BCUT2D eigenvalue weighted by molar-refractivity contribution is -0.120. The monoisotopic (exact) mass is 624 g/mol. The average Bonchev–Trinajstić information content (AvgIpc) is 2.92. The molecule has 0 radical (unpaired) electrons. The highest BCUT2D eigenvalue weighted by Gasteiger charge is 2.36. The number of nitrogens with zero attached hydrogens (tertiary/aromatic N) is 4. The summed E-state index contributed by atoms with van der Waals surface area (Å²) in [4.78, 5) is 50.6. The summed E-state index contributed by atoms with van der Waals surface area (Å²) in [5, 5.41) is 6.21. The minimum atomic E-state index is -0.524. The number of likely N-dealkylation sites (tertiary alicyclic amines) is 1. The van der Waals surface area contributed by atoms with Gasteiger partial charge in [0.15, 0.2) is 0 Å². The summed E-state index contributed by atoms with van der Waals surface area (Å²) < 4.78 is 9.97. The van der Waals surface area contributed by atoms with Gasteiger partial charge in [-0.1, -0.05) is 34.6 Å². The van der Waals surface area contributed by atoms with E-state index in [-0.39, 0.29) is 41.5 Å². The van der Waals surface area contributed by atoms with Crippen LogP contribution in [0.3, 0.4) is 0 Å². The van der Waals surface area contributed by atoms with Gasteiger partial charge in [0, 0.05) is 44.9 Å². The molecule has 0 aromatic carbocycles. The molecule has 0 aliphatic carbocycles. The predicted molar refractivity (Wildman–Crippen MR) is 175 cm³/mol. The zero-order valence-corrected chi connectivity index (χ0v) is 29.1. The van der Waals surface area contributed by atoms with Crippen molar-refractivity contribution in [1.29, 1.82) is 0 Å². The fourth-order valence-corrected chi connectivity index (χ4v) is 4.70. The number of rotatable bonds is 12. The van der Waals surface area contributed by atoms with E-state index in [1.54, 1.807) is 36.9 Å². The first-order valence-corrected chi connectivity index (χ1v) is 16.5. The van der Waals surface area contributed by atoms with Crippen molar-refractivity contribution in [1.82, 2.24) is 25.1 Å². The van der Waals surface area contributed by atoms with Gasteiger partial charge < -0.3 is 29.9 Å². The van der Waals surface area contributed by atoms with Crippen molar-refractivity contribution >= 4 is 36.0 Å². The standard InChI is InChI=1S/C26H44N6O4S.C5H12O/c1-8-36-25(35)29-19-12-20(16-31(15-19)17-33)32(14-18(2)3)23(34)21-13-28-24(26(4,5)6)30-22(21)27-10-9-11-37-7;1-5(2,3)6-4/h13,17-20H,8-12,14-16H2,1-7H3,(H,29,35)(H,27,28,30);1-4H3. The quantitative estimate of drug-likeness (QED) is 0.249. The summed E-state index contributed by atoms with van der Waals surface area (Å²) >= 11 is 1.77. The van der Waals surface area contributed by atoms with Gasteiger partial charge in [0.1, 0.15) is 17.2 Å². The maximum atomic E-state index is 14.1. The number of piperidine rings is 1. The highest BCUT2D eigenvalue weighted by molar-refractivity contribution is 7.98. The zero-order valence-electron chi connectivity index (χ0n) is 28.3. The van der Waals surface area contributed by atoms with Gasteiger partial charge in [0.2, 0.25) is 6.41 Å². The number of carbonyl (C=O) groups excluding carboxylic acids is 3. The summed E-state index contributed by atoms with van der Waals surface area (Å²) in [6.07, 6.45) is 5.39.